The van der Waals surface area contributed by atoms with Crippen LogP contribution in [0, 0.1) is 6.92 Å². The summed E-state index contributed by atoms with van der Waals surface area (Å²) in [7, 11) is 0. The van der Waals surface area contributed by atoms with Crippen molar-refractivity contribution in [2.24, 2.45) is 0 Å². The van der Waals surface area contributed by atoms with Crippen molar-refractivity contribution < 1.29 is 5.11 Å². The molecule has 0 heterocycles. The highest BCUT2D eigenvalue weighted by atomic mass is 32.1. The predicted molar refractivity (Wildman–Crippen MR) is 45.5 cm³/mol. The van der Waals surface area contributed by atoms with Crippen LogP contribution in [0.1, 0.15) is 11.1 Å². The lowest BCUT2D eigenvalue weighted by Crippen LogP contribution is -1.79. The second kappa shape index (κ2) is 2.97. The highest BCUT2D eigenvalue weighted by Gasteiger charge is 1.96. The maximum Gasteiger partial charge on any atom is 0.119 e. The molecule has 1 rings (SSSR count). The molecular formula is C8H10OS. The van der Waals surface area contributed by atoms with Gasteiger partial charge in [-0.15, -0.1) is 0 Å². The van der Waals surface area contributed by atoms with Crippen molar-refractivity contribution in [1.82, 2.24) is 0 Å². The average Bonchev–Trinajstić information content (AvgIpc) is 1.88. The molecule has 2 heteroatoms. The quantitative estimate of drug-likeness (QED) is 0.594. The lowest BCUT2D eigenvalue weighted by atomic mass is 10.1. The number of hydrogen-bond donors (Lipinski definition) is 2. The molecule has 10 heavy (non-hydrogen) atoms. The van der Waals surface area contributed by atoms with Crippen LogP contribution >= 0.6 is 12.6 Å². The largest absolute Gasteiger partial charge is 0.508 e. The summed E-state index contributed by atoms with van der Waals surface area (Å²) in [5.41, 5.74) is 1.96. The minimum Gasteiger partial charge on any atom is -0.508 e. The second-order valence-corrected chi connectivity index (χ2v) is 2.61. The fourth-order valence-corrected chi connectivity index (χ4v) is 1.07. The smallest absolute Gasteiger partial charge is 0.119 e. The first-order valence-corrected chi connectivity index (χ1v) is 3.76. The lowest BCUT2D eigenvalue weighted by molar-refractivity contribution is 0.470. The number of hydrogen-bond acceptors (Lipinski definition) is 2. The molecule has 0 aliphatic carbocycles. The van der Waals surface area contributed by atoms with Crippen molar-refractivity contribution in [3.8, 4) is 5.75 Å². The van der Waals surface area contributed by atoms with Gasteiger partial charge >= 0.3 is 0 Å². The Morgan fingerprint density at radius 1 is 1.50 bits per heavy atom. The first-order valence-electron chi connectivity index (χ1n) is 3.13. The van der Waals surface area contributed by atoms with Crippen molar-refractivity contribution in [1.29, 1.82) is 0 Å². The topological polar surface area (TPSA) is 20.2 Å². The molecule has 0 radical (unpaired) electrons. The van der Waals surface area contributed by atoms with E-state index in [1.54, 1.807) is 6.07 Å². The lowest BCUT2D eigenvalue weighted by Gasteiger charge is -2.00. The van der Waals surface area contributed by atoms with Crippen LogP contribution in [0.15, 0.2) is 18.2 Å². The van der Waals surface area contributed by atoms with E-state index in [-0.39, 0.29) is 0 Å². The maximum atomic E-state index is 9.24. The van der Waals surface area contributed by atoms with Gasteiger partial charge in [0.25, 0.3) is 0 Å². The Balaban J connectivity index is 3.07. The van der Waals surface area contributed by atoms with Gasteiger partial charge in [0.05, 0.1) is 0 Å². The van der Waals surface area contributed by atoms with Gasteiger partial charge in [-0.3, -0.25) is 0 Å². The number of phenols is 1. The van der Waals surface area contributed by atoms with E-state index in [0.717, 1.165) is 11.1 Å². The molecule has 0 aliphatic heterocycles. The summed E-state index contributed by atoms with van der Waals surface area (Å²) in [6.45, 7) is 1.95. The van der Waals surface area contributed by atoms with Crippen molar-refractivity contribution in [3.05, 3.63) is 29.3 Å². The number of phenolic OH excluding ortho intramolecular Hbond substituents is 1. The van der Waals surface area contributed by atoms with Crippen molar-refractivity contribution >= 4 is 12.6 Å². The van der Waals surface area contributed by atoms with Gasteiger partial charge in [0.15, 0.2) is 0 Å². The van der Waals surface area contributed by atoms with Gasteiger partial charge in [-0.25, -0.2) is 0 Å². The van der Waals surface area contributed by atoms with E-state index in [1.165, 1.54) is 0 Å². The second-order valence-electron chi connectivity index (χ2n) is 2.29. The maximum absolute atomic E-state index is 9.24. The molecule has 0 fully saturated rings. The third-order valence-electron chi connectivity index (χ3n) is 1.41. The molecule has 0 unspecified atom stereocenters. The van der Waals surface area contributed by atoms with Crippen LogP contribution in [0.2, 0.25) is 0 Å². The van der Waals surface area contributed by atoms with Gasteiger partial charge < -0.3 is 5.11 Å². The number of thiol groups is 1. The zero-order chi connectivity index (χ0) is 7.56. The normalized spacial score (nSPS) is 9.80. The highest BCUT2D eigenvalue weighted by molar-refractivity contribution is 7.79. The minimum absolute atomic E-state index is 0.343. The standard InChI is InChI=1S/C8H10OS/c1-6-2-3-7(5-10)8(9)4-6/h2-4,9-10H,5H2,1H3. The average molecular weight is 154 g/mol. The van der Waals surface area contributed by atoms with Crippen LogP contribution in [0.5, 0.6) is 5.75 Å². The Hall–Kier alpha value is -0.630. The summed E-state index contributed by atoms with van der Waals surface area (Å²) < 4.78 is 0. The molecule has 0 bridgehead atoms. The summed E-state index contributed by atoms with van der Waals surface area (Å²) in [4.78, 5) is 0. The molecule has 1 N–H and O–H groups in total. The molecule has 0 atom stereocenters. The first-order chi connectivity index (χ1) is 4.74. The number of benzene rings is 1. The molecule has 0 saturated heterocycles. The van der Waals surface area contributed by atoms with Crippen LogP contribution in [0.4, 0.5) is 0 Å². The Bertz CT molecular complexity index is 233. The van der Waals surface area contributed by atoms with Crippen LogP contribution in [0.25, 0.3) is 0 Å². The zero-order valence-corrected chi connectivity index (χ0v) is 6.73. The minimum atomic E-state index is 0.343. The molecule has 0 amide bonds. The molecule has 1 aromatic rings. The molecule has 0 aromatic heterocycles. The van der Waals surface area contributed by atoms with E-state index in [2.05, 4.69) is 12.6 Å². The Morgan fingerprint density at radius 3 is 2.70 bits per heavy atom. The van der Waals surface area contributed by atoms with Gasteiger partial charge in [0.1, 0.15) is 5.75 Å². The monoisotopic (exact) mass is 154 g/mol. The summed E-state index contributed by atoms with van der Waals surface area (Å²) in [5, 5.41) is 9.24. The van der Waals surface area contributed by atoms with Gasteiger partial charge in [-0.2, -0.15) is 12.6 Å². The highest BCUT2D eigenvalue weighted by Crippen LogP contribution is 2.19. The predicted octanol–water partition coefficient (Wildman–Crippen LogP) is 2.13. The van der Waals surface area contributed by atoms with Crippen LogP contribution in [-0.4, -0.2) is 5.11 Å². The van der Waals surface area contributed by atoms with E-state index < -0.39 is 0 Å². The molecule has 1 aromatic carbocycles. The van der Waals surface area contributed by atoms with E-state index in [0.29, 0.717) is 11.5 Å². The van der Waals surface area contributed by atoms with Crippen LogP contribution in [0.3, 0.4) is 0 Å². The van der Waals surface area contributed by atoms with Gasteiger partial charge in [0, 0.05) is 11.3 Å². The zero-order valence-electron chi connectivity index (χ0n) is 5.83. The third kappa shape index (κ3) is 1.45. The summed E-state index contributed by atoms with van der Waals surface area (Å²) in [5.74, 6) is 0.932. The first kappa shape index (κ1) is 7.48. The molecule has 1 nitrogen and oxygen atoms in total. The number of aryl methyl sites for hydroxylation is 1. The number of rotatable bonds is 1. The molecular weight excluding hydrogens is 144 g/mol. The van der Waals surface area contributed by atoms with E-state index >= 15 is 0 Å². The number of aromatic hydroxyl groups is 1. The van der Waals surface area contributed by atoms with Crippen molar-refractivity contribution in [2.75, 3.05) is 0 Å². The van der Waals surface area contributed by atoms with E-state index in [1.807, 2.05) is 19.1 Å². The van der Waals surface area contributed by atoms with Crippen molar-refractivity contribution in [3.63, 3.8) is 0 Å². The SMILES string of the molecule is Cc1ccc(CS)c(O)c1. The Labute approximate surface area is 66.1 Å². The molecule has 0 saturated carbocycles. The Kier molecular flexibility index (Phi) is 2.22. The van der Waals surface area contributed by atoms with Crippen LogP contribution in [-0.2, 0) is 5.75 Å². The molecule has 54 valence electrons. The van der Waals surface area contributed by atoms with Gasteiger partial charge in [0.2, 0.25) is 0 Å². The van der Waals surface area contributed by atoms with Gasteiger partial charge in [-0.1, -0.05) is 12.1 Å². The summed E-state index contributed by atoms with van der Waals surface area (Å²) in [6.07, 6.45) is 0. The van der Waals surface area contributed by atoms with Crippen LogP contribution < -0.4 is 0 Å². The van der Waals surface area contributed by atoms with Crippen molar-refractivity contribution in [2.45, 2.75) is 12.7 Å². The van der Waals surface area contributed by atoms with E-state index in [4.69, 9.17) is 0 Å². The molecule has 0 aliphatic rings. The summed E-state index contributed by atoms with van der Waals surface area (Å²) >= 11 is 4.05. The van der Waals surface area contributed by atoms with E-state index in [9.17, 15) is 5.11 Å². The third-order valence-corrected chi connectivity index (χ3v) is 1.75. The molecule has 0 spiro atoms. The fourth-order valence-electron chi connectivity index (χ4n) is 0.808. The Morgan fingerprint density at radius 2 is 2.20 bits per heavy atom. The fraction of sp³-hybridized carbons (Fsp3) is 0.250. The summed E-state index contributed by atoms with van der Waals surface area (Å²) in [6, 6.07) is 5.59. The van der Waals surface area contributed by atoms with Gasteiger partial charge in [-0.05, 0) is 18.6 Å².